The van der Waals surface area contributed by atoms with E-state index in [-0.39, 0.29) is 5.60 Å². The summed E-state index contributed by atoms with van der Waals surface area (Å²) in [5.74, 6) is 3.28. The highest BCUT2D eigenvalue weighted by molar-refractivity contribution is 8.20. The zero-order valence-electron chi connectivity index (χ0n) is 9.58. The third-order valence-electron chi connectivity index (χ3n) is 3.60. The van der Waals surface area contributed by atoms with Gasteiger partial charge in [0.05, 0.1) is 10.2 Å². The molecule has 1 heterocycles. The van der Waals surface area contributed by atoms with Crippen LogP contribution in [0.2, 0.25) is 0 Å². The molecule has 0 aromatic carbocycles. The van der Waals surface area contributed by atoms with Crippen molar-refractivity contribution < 1.29 is 5.11 Å². The lowest BCUT2D eigenvalue weighted by Crippen LogP contribution is -2.34. The first kappa shape index (κ1) is 12.1. The molecule has 1 unspecified atom stereocenters. The molecule has 0 spiro atoms. The average Bonchev–Trinajstić information content (AvgIpc) is 2.70. The predicted molar refractivity (Wildman–Crippen MR) is 70.5 cm³/mol. The summed E-state index contributed by atoms with van der Waals surface area (Å²) in [5.41, 5.74) is -0.318. The Morgan fingerprint density at radius 2 is 1.80 bits per heavy atom. The highest BCUT2D eigenvalue weighted by Crippen LogP contribution is 2.42. The van der Waals surface area contributed by atoms with Gasteiger partial charge in [-0.2, -0.15) is 0 Å². The van der Waals surface area contributed by atoms with E-state index in [2.05, 4.69) is 30.4 Å². The molecule has 2 rings (SSSR count). The lowest BCUT2D eigenvalue weighted by atomic mass is 9.79. The minimum absolute atomic E-state index is 0.318. The van der Waals surface area contributed by atoms with Crippen molar-refractivity contribution in [3.63, 3.8) is 0 Å². The summed E-state index contributed by atoms with van der Waals surface area (Å²) in [6, 6.07) is 0. The minimum Gasteiger partial charge on any atom is -0.390 e. The summed E-state index contributed by atoms with van der Waals surface area (Å²) in [6.07, 6.45) is 6.89. The van der Waals surface area contributed by atoms with Crippen molar-refractivity contribution in [3.05, 3.63) is 0 Å². The average molecular weight is 246 g/mol. The van der Waals surface area contributed by atoms with Crippen LogP contribution in [0.4, 0.5) is 0 Å². The summed E-state index contributed by atoms with van der Waals surface area (Å²) >= 11 is 4.18. The molecule has 3 heteroatoms. The maximum atomic E-state index is 10.5. The Hall–Kier alpha value is 0.660. The van der Waals surface area contributed by atoms with Crippen LogP contribution in [0.15, 0.2) is 0 Å². The van der Waals surface area contributed by atoms with Crippen LogP contribution in [-0.4, -0.2) is 26.8 Å². The highest BCUT2D eigenvalue weighted by Gasteiger charge is 2.34. The van der Waals surface area contributed by atoms with Gasteiger partial charge < -0.3 is 5.11 Å². The second-order valence-corrected chi connectivity index (χ2v) is 7.87. The molecule has 1 N–H and O–H groups in total. The van der Waals surface area contributed by atoms with E-state index in [9.17, 15) is 5.11 Å². The van der Waals surface area contributed by atoms with Gasteiger partial charge in [-0.25, -0.2) is 0 Å². The van der Waals surface area contributed by atoms with Crippen LogP contribution < -0.4 is 0 Å². The van der Waals surface area contributed by atoms with Gasteiger partial charge in [0.25, 0.3) is 0 Å². The lowest BCUT2D eigenvalue weighted by Gasteiger charge is -2.35. The Labute approximate surface area is 102 Å². The van der Waals surface area contributed by atoms with Crippen molar-refractivity contribution in [3.8, 4) is 0 Å². The number of hydrogen-bond acceptors (Lipinski definition) is 3. The molecular formula is C12H22OS2. The van der Waals surface area contributed by atoms with Crippen LogP contribution in [-0.2, 0) is 0 Å². The van der Waals surface area contributed by atoms with Crippen molar-refractivity contribution in [2.45, 2.75) is 55.6 Å². The molecule has 15 heavy (non-hydrogen) atoms. The smallest absolute Gasteiger partial charge is 0.0651 e. The Bertz CT molecular complexity index is 196. The first-order chi connectivity index (χ1) is 7.20. The molecule has 0 radical (unpaired) electrons. The van der Waals surface area contributed by atoms with Crippen LogP contribution in [0.3, 0.4) is 0 Å². The van der Waals surface area contributed by atoms with Gasteiger partial charge in [0.15, 0.2) is 0 Å². The molecule has 88 valence electrons. The SMILES string of the molecule is CC(CC1(O)CCCCC1)C1SCCS1. The van der Waals surface area contributed by atoms with Crippen molar-refractivity contribution >= 4 is 23.5 Å². The Morgan fingerprint density at radius 3 is 2.40 bits per heavy atom. The quantitative estimate of drug-likeness (QED) is 0.823. The van der Waals surface area contributed by atoms with Crippen LogP contribution in [0, 0.1) is 5.92 Å². The fraction of sp³-hybridized carbons (Fsp3) is 1.00. The number of hydrogen-bond donors (Lipinski definition) is 1. The molecule has 1 aliphatic heterocycles. The van der Waals surface area contributed by atoms with Crippen LogP contribution in [0.25, 0.3) is 0 Å². The van der Waals surface area contributed by atoms with Gasteiger partial charge in [0, 0.05) is 11.5 Å². The standard InChI is InChI=1S/C12H22OS2/c1-10(11-14-7-8-15-11)9-12(13)5-3-2-4-6-12/h10-11,13H,2-9H2,1H3. The molecule has 1 atom stereocenters. The van der Waals surface area contributed by atoms with E-state index in [4.69, 9.17) is 0 Å². The molecular weight excluding hydrogens is 224 g/mol. The third kappa shape index (κ3) is 3.31. The van der Waals surface area contributed by atoms with E-state index in [0.29, 0.717) is 5.92 Å². The first-order valence-electron chi connectivity index (χ1n) is 6.15. The monoisotopic (exact) mass is 246 g/mol. The van der Waals surface area contributed by atoms with Crippen molar-refractivity contribution in [1.29, 1.82) is 0 Å². The van der Waals surface area contributed by atoms with Crippen molar-refractivity contribution in [2.24, 2.45) is 5.92 Å². The molecule has 0 aromatic rings. The predicted octanol–water partition coefficient (Wildman–Crippen LogP) is 3.51. The summed E-state index contributed by atoms with van der Waals surface area (Å²) in [7, 11) is 0. The summed E-state index contributed by atoms with van der Waals surface area (Å²) in [4.78, 5) is 0. The summed E-state index contributed by atoms with van der Waals surface area (Å²) in [6.45, 7) is 2.32. The minimum atomic E-state index is -0.318. The van der Waals surface area contributed by atoms with E-state index in [1.165, 1.54) is 30.8 Å². The van der Waals surface area contributed by atoms with Gasteiger partial charge in [-0.15, -0.1) is 23.5 Å². The van der Waals surface area contributed by atoms with Gasteiger partial charge in [0.1, 0.15) is 0 Å². The molecule has 0 bridgehead atoms. The van der Waals surface area contributed by atoms with Crippen molar-refractivity contribution in [2.75, 3.05) is 11.5 Å². The van der Waals surface area contributed by atoms with E-state index in [0.717, 1.165) is 23.8 Å². The number of aliphatic hydroxyl groups is 1. The van der Waals surface area contributed by atoms with E-state index in [1.54, 1.807) is 0 Å². The topological polar surface area (TPSA) is 20.2 Å². The van der Waals surface area contributed by atoms with Gasteiger partial charge in [-0.05, 0) is 25.2 Å². The van der Waals surface area contributed by atoms with Gasteiger partial charge >= 0.3 is 0 Å². The number of rotatable bonds is 3. The lowest BCUT2D eigenvalue weighted by molar-refractivity contribution is -0.0141. The first-order valence-corrected chi connectivity index (χ1v) is 8.25. The van der Waals surface area contributed by atoms with Crippen molar-refractivity contribution in [1.82, 2.24) is 0 Å². The van der Waals surface area contributed by atoms with E-state index >= 15 is 0 Å². The highest BCUT2D eigenvalue weighted by atomic mass is 32.2. The molecule has 2 fully saturated rings. The fourth-order valence-corrected chi connectivity index (χ4v) is 5.86. The normalized spacial score (nSPS) is 29.2. The van der Waals surface area contributed by atoms with Crippen LogP contribution in [0.1, 0.15) is 45.4 Å². The van der Waals surface area contributed by atoms with E-state index < -0.39 is 0 Å². The zero-order chi connectivity index (χ0) is 10.7. The molecule has 2 aliphatic rings. The second-order valence-electron chi connectivity index (χ2n) is 5.08. The molecule has 0 amide bonds. The summed E-state index contributed by atoms with van der Waals surface area (Å²) < 4.78 is 0.746. The maximum Gasteiger partial charge on any atom is 0.0651 e. The Kier molecular flexibility index (Phi) is 4.31. The molecule has 1 aliphatic carbocycles. The molecule has 1 nitrogen and oxygen atoms in total. The zero-order valence-corrected chi connectivity index (χ0v) is 11.2. The number of thioether (sulfide) groups is 2. The molecule has 0 aromatic heterocycles. The van der Waals surface area contributed by atoms with Gasteiger partial charge in [-0.1, -0.05) is 26.2 Å². The van der Waals surface area contributed by atoms with Gasteiger partial charge in [0.2, 0.25) is 0 Å². The summed E-state index contributed by atoms with van der Waals surface area (Å²) in [5, 5.41) is 10.5. The second kappa shape index (κ2) is 5.33. The van der Waals surface area contributed by atoms with Crippen LogP contribution >= 0.6 is 23.5 Å². The molecule has 1 saturated heterocycles. The Morgan fingerprint density at radius 1 is 1.20 bits per heavy atom. The largest absolute Gasteiger partial charge is 0.390 e. The van der Waals surface area contributed by atoms with E-state index in [1.807, 2.05) is 0 Å². The van der Waals surface area contributed by atoms with Gasteiger partial charge in [-0.3, -0.25) is 0 Å². The van der Waals surface area contributed by atoms with Crippen LogP contribution in [0.5, 0.6) is 0 Å². The maximum absolute atomic E-state index is 10.5. The third-order valence-corrected chi connectivity index (χ3v) is 7.14. The fourth-order valence-electron chi connectivity index (χ4n) is 2.81. The molecule has 1 saturated carbocycles. The Balaban J connectivity index is 1.83.